The molecule has 1 N–H and O–H groups in total. The zero-order chi connectivity index (χ0) is 12.3. The van der Waals surface area contributed by atoms with Crippen LogP contribution in [0.1, 0.15) is 10.6 Å². The van der Waals surface area contributed by atoms with Crippen molar-refractivity contribution in [2.75, 3.05) is 0 Å². The van der Waals surface area contributed by atoms with Crippen molar-refractivity contribution in [2.45, 2.75) is 18.9 Å². The van der Waals surface area contributed by atoms with Gasteiger partial charge in [0.2, 0.25) is 0 Å². The Morgan fingerprint density at radius 3 is 2.88 bits per heavy atom. The fraction of sp³-hybridized carbons (Fsp3) is 0.250. The smallest absolute Gasteiger partial charge is 0.124 e. The van der Waals surface area contributed by atoms with Crippen LogP contribution in [0.2, 0.25) is 5.02 Å². The fourth-order valence-electron chi connectivity index (χ4n) is 1.57. The number of hydrogen-bond acceptors (Lipinski definition) is 3. The standard InChI is InChI=1S/C12H11ClFNOS/c13-11-6-9(14)2-1-8(11)5-10(16)7-12-15-3-4-17-12/h1-4,6,10,16H,5,7H2. The van der Waals surface area contributed by atoms with Gasteiger partial charge in [-0.1, -0.05) is 17.7 Å². The Kier molecular flexibility index (Phi) is 4.10. The van der Waals surface area contributed by atoms with Gasteiger partial charge in [-0.05, 0) is 17.7 Å². The van der Waals surface area contributed by atoms with Crippen LogP contribution in [0.15, 0.2) is 29.8 Å². The van der Waals surface area contributed by atoms with Gasteiger partial charge in [0, 0.05) is 29.4 Å². The number of rotatable bonds is 4. The normalized spacial score (nSPS) is 12.6. The summed E-state index contributed by atoms with van der Waals surface area (Å²) < 4.78 is 12.8. The van der Waals surface area contributed by atoms with Crippen molar-refractivity contribution in [2.24, 2.45) is 0 Å². The SMILES string of the molecule is OC(Cc1nccs1)Cc1ccc(F)cc1Cl. The van der Waals surface area contributed by atoms with Crippen LogP contribution in [-0.4, -0.2) is 16.2 Å². The molecule has 0 saturated carbocycles. The molecule has 17 heavy (non-hydrogen) atoms. The van der Waals surface area contributed by atoms with Crippen LogP contribution in [0.3, 0.4) is 0 Å². The average molecular weight is 272 g/mol. The molecule has 90 valence electrons. The van der Waals surface area contributed by atoms with Crippen molar-refractivity contribution in [3.63, 3.8) is 0 Å². The van der Waals surface area contributed by atoms with E-state index in [1.165, 1.54) is 23.5 Å². The van der Waals surface area contributed by atoms with Gasteiger partial charge in [0.15, 0.2) is 0 Å². The molecule has 0 aliphatic rings. The van der Waals surface area contributed by atoms with E-state index < -0.39 is 6.10 Å². The Morgan fingerprint density at radius 1 is 1.41 bits per heavy atom. The van der Waals surface area contributed by atoms with Gasteiger partial charge >= 0.3 is 0 Å². The lowest BCUT2D eigenvalue weighted by Gasteiger charge is -2.10. The minimum Gasteiger partial charge on any atom is -0.392 e. The molecule has 0 aliphatic carbocycles. The third-order valence-electron chi connectivity index (χ3n) is 2.36. The van der Waals surface area contributed by atoms with Crippen LogP contribution < -0.4 is 0 Å². The third-order valence-corrected chi connectivity index (χ3v) is 3.52. The third kappa shape index (κ3) is 3.49. The second-order valence-electron chi connectivity index (χ2n) is 3.72. The van der Waals surface area contributed by atoms with Crippen molar-refractivity contribution in [1.29, 1.82) is 0 Å². The summed E-state index contributed by atoms with van der Waals surface area (Å²) in [4.78, 5) is 4.10. The molecule has 1 atom stereocenters. The summed E-state index contributed by atoms with van der Waals surface area (Å²) in [6, 6.07) is 4.20. The predicted molar refractivity (Wildman–Crippen MR) is 66.9 cm³/mol. The average Bonchev–Trinajstić information content (AvgIpc) is 2.75. The first kappa shape index (κ1) is 12.5. The Hall–Kier alpha value is -0.970. The summed E-state index contributed by atoms with van der Waals surface area (Å²) in [7, 11) is 0. The van der Waals surface area contributed by atoms with Crippen LogP contribution in [0, 0.1) is 5.82 Å². The molecule has 0 aliphatic heterocycles. The summed E-state index contributed by atoms with van der Waals surface area (Å²) in [6.07, 6.45) is 2.05. The van der Waals surface area contributed by atoms with Crippen molar-refractivity contribution in [1.82, 2.24) is 4.98 Å². The topological polar surface area (TPSA) is 33.1 Å². The molecule has 1 aromatic carbocycles. The monoisotopic (exact) mass is 271 g/mol. The summed E-state index contributed by atoms with van der Waals surface area (Å²) in [5.74, 6) is -0.367. The second kappa shape index (κ2) is 5.58. The number of hydrogen-bond donors (Lipinski definition) is 1. The number of aliphatic hydroxyl groups is 1. The van der Waals surface area contributed by atoms with E-state index in [1.807, 2.05) is 5.38 Å². The van der Waals surface area contributed by atoms with E-state index >= 15 is 0 Å². The van der Waals surface area contributed by atoms with Gasteiger partial charge in [0.25, 0.3) is 0 Å². The molecule has 5 heteroatoms. The molecule has 0 bridgehead atoms. The second-order valence-corrected chi connectivity index (χ2v) is 5.11. The first-order valence-corrected chi connectivity index (χ1v) is 6.41. The van der Waals surface area contributed by atoms with Crippen molar-refractivity contribution in [3.05, 3.63) is 51.2 Å². The van der Waals surface area contributed by atoms with E-state index in [0.717, 1.165) is 10.6 Å². The largest absolute Gasteiger partial charge is 0.392 e. The zero-order valence-electron chi connectivity index (χ0n) is 8.94. The number of benzene rings is 1. The van der Waals surface area contributed by atoms with Gasteiger partial charge < -0.3 is 5.11 Å². The van der Waals surface area contributed by atoms with Crippen molar-refractivity contribution in [3.8, 4) is 0 Å². The molecular weight excluding hydrogens is 261 g/mol. The molecule has 2 nitrogen and oxygen atoms in total. The lowest BCUT2D eigenvalue weighted by molar-refractivity contribution is 0.175. The molecule has 1 heterocycles. The molecule has 0 amide bonds. The molecule has 1 unspecified atom stereocenters. The molecule has 2 rings (SSSR count). The van der Waals surface area contributed by atoms with Crippen LogP contribution in [0.4, 0.5) is 4.39 Å². The van der Waals surface area contributed by atoms with Crippen molar-refractivity contribution < 1.29 is 9.50 Å². The number of aliphatic hydroxyl groups excluding tert-OH is 1. The van der Waals surface area contributed by atoms with Crippen LogP contribution >= 0.6 is 22.9 Å². The van der Waals surface area contributed by atoms with E-state index in [2.05, 4.69) is 4.98 Å². The molecule has 0 radical (unpaired) electrons. The minimum atomic E-state index is -0.552. The Balaban J connectivity index is 2.00. The maximum absolute atomic E-state index is 12.8. The fourth-order valence-corrected chi connectivity index (χ4v) is 2.50. The highest BCUT2D eigenvalue weighted by molar-refractivity contribution is 7.09. The minimum absolute atomic E-state index is 0.350. The van der Waals surface area contributed by atoms with Crippen LogP contribution in [-0.2, 0) is 12.8 Å². The number of aromatic nitrogens is 1. The van der Waals surface area contributed by atoms with Gasteiger partial charge in [0.05, 0.1) is 11.1 Å². The highest BCUT2D eigenvalue weighted by Gasteiger charge is 2.11. The Bertz CT molecular complexity index is 489. The summed E-state index contributed by atoms with van der Waals surface area (Å²) >= 11 is 7.40. The van der Waals surface area contributed by atoms with Gasteiger partial charge in [0.1, 0.15) is 5.82 Å². The molecule has 0 spiro atoms. The highest BCUT2D eigenvalue weighted by Crippen LogP contribution is 2.20. The number of halogens is 2. The molecule has 0 saturated heterocycles. The van der Waals surface area contributed by atoms with E-state index in [0.29, 0.717) is 17.9 Å². The van der Waals surface area contributed by atoms with Crippen LogP contribution in [0.5, 0.6) is 0 Å². The highest BCUT2D eigenvalue weighted by atomic mass is 35.5. The van der Waals surface area contributed by atoms with E-state index in [9.17, 15) is 9.50 Å². The lowest BCUT2D eigenvalue weighted by Crippen LogP contribution is -2.14. The maximum Gasteiger partial charge on any atom is 0.124 e. The lowest BCUT2D eigenvalue weighted by atomic mass is 10.1. The van der Waals surface area contributed by atoms with Gasteiger partial charge in [-0.25, -0.2) is 9.37 Å². The Labute approximate surface area is 108 Å². The van der Waals surface area contributed by atoms with Gasteiger partial charge in [-0.3, -0.25) is 0 Å². The first-order chi connectivity index (χ1) is 8.15. The van der Waals surface area contributed by atoms with E-state index in [4.69, 9.17) is 11.6 Å². The predicted octanol–water partition coefficient (Wildman–Crippen LogP) is 3.08. The molecular formula is C12H11ClFNOS. The number of nitrogens with zero attached hydrogens (tertiary/aromatic N) is 1. The number of thiazole rings is 1. The quantitative estimate of drug-likeness (QED) is 0.927. The summed E-state index contributed by atoms with van der Waals surface area (Å²) in [5.41, 5.74) is 0.747. The zero-order valence-corrected chi connectivity index (χ0v) is 10.5. The molecule has 2 aromatic rings. The van der Waals surface area contributed by atoms with Crippen molar-refractivity contribution >= 4 is 22.9 Å². The Morgan fingerprint density at radius 2 is 2.24 bits per heavy atom. The molecule has 1 aromatic heterocycles. The summed E-state index contributed by atoms with van der Waals surface area (Å²) in [6.45, 7) is 0. The van der Waals surface area contributed by atoms with E-state index in [-0.39, 0.29) is 5.82 Å². The maximum atomic E-state index is 12.8. The molecule has 0 fully saturated rings. The first-order valence-electron chi connectivity index (χ1n) is 5.15. The van der Waals surface area contributed by atoms with Gasteiger partial charge in [-0.15, -0.1) is 11.3 Å². The van der Waals surface area contributed by atoms with Crippen LogP contribution in [0.25, 0.3) is 0 Å². The van der Waals surface area contributed by atoms with Gasteiger partial charge in [-0.2, -0.15) is 0 Å². The summed E-state index contributed by atoms with van der Waals surface area (Å²) in [5, 5.41) is 13.0. The van der Waals surface area contributed by atoms with E-state index in [1.54, 1.807) is 12.3 Å².